The number of nitrogens with zero attached hydrogens (tertiary/aromatic N) is 1. The number of H-pyrrole nitrogens is 1. The van der Waals surface area contributed by atoms with Gasteiger partial charge in [-0.25, -0.2) is 17.2 Å². The lowest BCUT2D eigenvalue weighted by molar-refractivity contribution is 0.112. The Hall–Kier alpha value is -2.58. The molecule has 0 amide bonds. The quantitative estimate of drug-likeness (QED) is 0.635. The molecule has 1 saturated heterocycles. The van der Waals surface area contributed by atoms with Crippen molar-refractivity contribution in [3.63, 3.8) is 0 Å². The average molecular weight is 418 g/mol. The van der Waals surface area contributed by atoms with Crippen LogP contribution in [0.15, 0.2) is 41.3 Å². The largest absolute Gasteiger partial charge is 0.354 e. The first-order chi connectivity index (χ1) is 13.9. The summed E-state index contributed by atoms with van der Waals surface area (Å²) < 4.78 is 55.5. The van der Waals surface area contributed by atoms with Crippen LogP contribution in [0, 0.1) is 11.6 Å². The molecule has 1 aliphatic heterocycles. The molecule has 0 spiro atoms. The van der Waals surface area contributed by atoms with E-state index < -0.39 is 21.7 Å². The van der Waals surface area contributed by atoms with Gasteiger partial charge in [0.2, 0.25) is 10.0 Å². The number of aromatic nitrogens is 1. The molecule has 1 N–H and O–H groups in total. The summed E-state index contributed by atoms with van der Waals surface area (Å²) >= 11 is 0. The number of aldehydes is 1. The molecule has 0 bridgehead atoms. The molecule has 0 saturated carbocycles. The molecule has 1 fully saturated rings. The van der Waals surface area contributed by atoms with Crippen LogP contribution in [-0.2, 0) is 10.0 Å². The number of hydrogen-bond acceptors (Lipinski definition) is 3. The number of benzene rings is 2. The molecule has 4 rings (SSSR count). The summed E-state index contributed by atoms with van der Waals surface area (Å²) in [4.78, 5) is 14.8. The van der Waals surface area contributed by atoms with Crippen LogP contribution in [0.5, 0.6) is 0 Å². The molecule has 29 heavy (non-hydrogen) atoms. The molecule has 2 heterocycles. The Kier molecular flexibility index (Phi) is 5.23. The van der Waals surface area contributed by atoms with Gasteiger partial charge in [-0.15, -0.1) is 0 Å². The minimum atomic E-state index is -3.70. The van der Waals surface area contributed by atoms with Crippen molar-refractivity contribution in [2.75, 3.05) is 13.1 Å². The molecule has 0 unspecified atom stereocenters. The number of carbonyl (C=O) groups excluding carboxylic acids is 1. The third-order valence-corrected chi connectivity index (χ3v) is 7.22. The third kappa shape index (κ3) is 3.58. The van der Waals surface area contributed by atoms with E-state index in [1.54, 1.807) is 6.07 Å². The predicted octanol–water partition coefficient (Wildman–Crippen LogP) is 4.49. The van der Waals surface area contributed by atoms with Crippen molar-refractivity contribution in [1.82, 2.24) is 9.29 Å². The maximum atomic E-state index is 14.2. The van der Waals surface area contributed by atoms with Crippen molar-refractivity contribution < 1.29 is 22.0 Å². The van der Waals surface area contributed by atoms with Crippen molar-refractivity contribution in [3.8, 4) is 11.3 Å². The fourth-order valence-electron chi connectivity index (χ4n) is 3.81. The van der Waals surface area contributed by atoms with Gasteiger partial charge in [0, 0.05) is 35.1 Å². The van der Waals surface area contributed by atoms with Crippen LogP contribution in [0.1, 0.15) is 36.0 Å². The van der Waals surface area contributed by atoms with E-state index in [9.17, 15) is 22.0 Å². The minimum Gasteiger partial charge on any atom is -0.354 e. The topological polar surface area (TPSA) is 70.2 Å². The lowest BCUT2D eigenvalue weighted by Crippen LogP contribution is -2.31. The van der Waals surface area contributed by atoms with Gasteiger partial charge in [-0.05, 0) is 49.2 Å². The number of fused-ring (bicyclic) bond motifs is 1. The first kappa shape index (κ1) is 19.7. The van der Waals surface area contributed by atoms with Gasteiger partial charge in [-0.2, -0.15) is 4.31 Å². The van der Waals surface area contributed by atoms with E-state index in [4.69, 9.17) is 0 Å². The van der Waals surface area contributed by atoms with Crippen molar-refractivity contribution in [2.24, 2.45) is 0 Å². The van der Waals surface area contributed by atoms with Crippen LogP contribution in [0.2, 0.25) is 0 Å². The first-order valence-corrected chi connectivity index (χ1v) is 10.9. The Balaban J connectivity index is 1.84. The number of nitrogens with one attached hydrogen (secondary N) is 1. The molecule has 3 aromatic rings. The van der Waals surface area contributed by atoms with E-state index in [-0.39, 0.29) is 21.7 Å². The Bertz CT molecular complexity index is 1180. The molecule has 1 aromatic heterocycles. The summed E-state index contributed by atoms with van der Waals surface area (Å²) in [6.07, 6.45) is 4.16. The zero-order valence-corrected chi connectivity index (χ0v) is 16.4. The number of sulfonamides is 1. The second-order valence-corrected chi connectivity index (χ2v) is 9.12. The Labute approximate surface area is 167 Å². The lowest BCUT2D eigenvalue weighted by Gasteiger charge is -2.20. The normalized spacial score (nSPS) is 16.1. The molecule has 0 atom stereocenters. The van der Waals surface area contributed by atoms with Crippen molar-refractivity contribution in [1.29, 1.82) is 0 Å². The van der Waals surface area contributed by atoms with Gasteiger partial charge in [0.1, 0.15) is 11.6 Å². The van der Waals surface area contributed by atoms with Gasteiger partial charge < -0.3 is 4.98 Å². The number of halogens is 2. The fourth-order valence-corrected chi connectivity index (χ4v) is 5.35. The highest BCUT2D eigenvalue weighted by atomic mass is 32.2. The van der Waals surface area contributed by atoms with Crippen molar-refractivity contribution in [3.05, 3.63) is 53.6 Å². The monoisotopic (exact) mass is 418 g/mol. The van der Waals surface area contributed by atoms with Gasteiger partial charge in [0.25, 0.3) is 0 Å². The maximum Gasteiger partial charge on any atom is 0.243 e. The van der Waals surface area contributed by atoms with Gasteiger partial charge in [-0.1, -0.05) is 12.8 Å². The number of carbonyl (C=O) groups is 1. The Morgan fingerprint density at radius 1 is 0.966 bits per heavy atom. The highest BCUT2D eigenvalue weighted by molar-refractivity contribution is 7.89. The van der Waals surface area contributed by atoms with Crippen LogP contribution >= 0.6 is 0 Å². The van der Waals surface area contributed by atoms with Crippen LogP contribution in [0.25, 0.3) is 22.2 Å². The van der Waals surface area contributed by atoms with Gasteiger partial charge in [-0.3, -0.25) is 4.79 Å². The van der Waals surface area contributed by atoms with Crippen LogP contribution in [0.3, 0.4) is 0 Å². The maximum absolute atomic E-state index is 14.2. The Morgan fingerprint density at radius 2 is 1.69 bits per heavy atom. The molecule has 1 aliphatic rings. The third-order valence-electron chi connectivity index (χ3n) is 5.33. The standard InChI is InChI=1S/C21H20F2N2O3S/c22-14-5-7-19(23)17(11-14)21-18(13-26)16-12-15(6-8-20(16)24-21)29(27,28)25-9-3-1-2-4-10-25/h5-8,11-13,24H,1-4,9-10H2. The van der Waals surface area contributed by atoms with Gasteiger partial charge >= 0.3 is 0 Å². The van der Waals surface area contributed by atoms with E-state index in [0.29, 0.717) is 30.3 Å². The van der Waals surface area contributed by atoms with Crippen LogP contribution < -0.4 is 0 Å². The fraction of sp³-hybridized carbons (Fsp3) is 0.286. The number of aromatic amines is 1. The molecule has 0 aliphatic carbocycles. The summed E-state index contributed by atoms with van der Waals surface area (Å²) in [7, 11) is -3.70. The summed E-state index contributed by atoms with van der Waals surface area (Å²) in [5.41, 5.74) is 0.606. The van der Waals surface area contributed by atoms with Gasteiger partial charge in [0.05, 0.1) is 10.6 Å². The predicted molar refractivity (Wildman–Crippen MR) is 106 cm³/mol. The first-order valence-electron chi connectivity index (χ1n) is 9.48. The molecule has 0 radical (unpaired) electrons. The second kappa shape index (κ2) is 7.68. The zero-order chi connectivity index (χ0) is 20.6. The highest BCUT2D eigenvalue weighted by Gasteiger charge is 2.26. The second-order valence-electron chi connectivity index (χ2n) is 7.18. The van der Waals surface area contributed by atoms with Crippen molar-refractivity contribution >= 4 is 27.2 Å². The molecule has 8 heteroatoms. The van der Waals surface area contributed by atoms with E-state index in [2.05, 4.69) is 4.98 Å². The van der Waals surface area contributed by atoms with E-state index >= 15 is 0 Å². The smallest absolute Gasteiger partial charge is 0.243 e. The van der Waals surface area contributed by atoms with E-state index in [0.717, 1.165) is 43.9 Å². The SMILES string of the molecule is O=Cc1c(-c2cc(F)ccc2F)[nH]c2ccc(S(=O)(=O)N3CCCCCC3)cc12. The van der Waals surface area contributed by atoms with Crippen LogP contribution in [0.4, 0.5) is 8.78 Å². The summed E-state index contributed by atoms with van der Waals surface area (Å²) in [5, 5.41) is 0.356. The lowest BCUT2D eigenvalue weighted by atomic mass is 10.1. The van der Waals surface area contributed by atoms with Crippen LogP contribution in [-0.4, -0.2) is 37.1 Å². The number of rotatable bonds is 4. The van der Waals surface area contributed by atoms with E-state index in [1.807, 2.05) is 0 Å². The molecule has 2 aromatic carbocycles. The molecule has 5 nitrogen and oxygen atoms in total. The average Bonchev–Trinajstić information content (AvgIpc) is 2.87. The minimum absolute atomic E-state index is 0.0831. The summed E-state index contributed by atoms with van der Waals surface area (Å²) in [5.74, 6) is -1.32. The molecule has 152 valence electrons. The zero-order valence-electron chi connectivity index (χ0n) is 15.6. The summed E-state index contributed by atoms with van der Waals surface area (Å²) in [6.45, 7) is 0.932. The molecular weight excluding hydrogens is 398 g/mol. The Morgan fingerprint density at radius 3 is 2.38 bits per heavy atom. The van der Waals surface area contributed by atoms with Gasteiger partial charge in [0.15, 0.2) is 6.29 Å². The molecular formula is C21H20F2N2O3S. The number of hydrogen-bond donors (Lipinski definition) is 1. The summed E-state index contributed by atoms with van der Waals surface area (Å²) in [6, 6.07) is 7.43. The van der Waals surface area contributed by atoms with Crippen molar-refractivity contribution in [2.45, 2.75) is 30.6 Å². The van der Waals surface area contributed by atoms with E-state index in [1.165, 1.54) is 16.4 Å². The highest BCUT2D eigenvalue weighted by Crippen LogP contribution is 2.33.